The molecule has 0 aromatic rings. The maximum absolute atomic E-state index is 11.2. The van der Waals surface area contributed by atoms with Gasteiger partial charge in [0, 0.05) is 26.4 Å². The molecule has 0 aliphatic heterocycles. The van der Waals surface area contributed by atoms with Crippen LogP contribution in [0.4, 0.5) is 0 Å². The lowest BCUT2D eigenvalue weighted by Gasteiger charge is -2.17. The van der Waals surface area contributed by atoms with E-state index in [1.54, 1.807) is 14.0 Å². The number of hydrogen-bond acceptors (Lipinski definition) is 2. The number of nitrogens with zero attached hydrogens (tertiary/aromatic N) is 1. The number of carbonyl (C=O) groups excluding carboxylic acids is 1. The molecule has 1 atom stereocenters. The van der Waals surface area contributed by atoms with Crippen LogP contribution in [0, 0.1) is 12.3 Å². The zero-order valence-electron chi connectivity index (χ0n) is 7.58. The molecule has 12 heavy (non-hydrogen) atoms. The second-order valence-electron chi connectivity index (χ2n) is 2.83. The molecule has 0 saturated carbocycles. The van der Waals surface area contributed by atoms with Crippen molar-refractivity contribution in [1.82, 2.24) is 4.90 Å². The van der Waals surface area contributed by atoms with E-state index in [1.165, 1.54) is 4.90 Å². The second-order valence-corrected chi connectivity index (χ2v) is 2.83. The van der Waals surface area contributed by atoms with Crippen molar-refractivity contribution in [2.45, 2.75) is 25.9 Å². The smallest absolute Gasteiger partial charge is 0.223 e. The van der Waals surface area contributed by atoms with E-state index < -0.39 is 6.10 Å². The van der Waals surface area contributed by atoms with Gasteiger partial charge in [-0.15, -0.1) is 12.3 Å². The molecule has 0 heterocycles. The van der Waals surface area contributed by atoms with Crippen molar-refractivity contribution in [3.05, 3.63) is 0 Å². The van der Waals surface area contributed by atoms with Gasteiger partial charge in [-0.25, -0.2) is 0 Å². The molecule has 0 saturated heterocycles. The first-order valence-electron chi connectivity index (χ1n) is 3.93. The summed E-state index contributed by atoms with van der Waals surface area (Å²) in [4.78, 5) is 12.6. The summed E-state index contributed by atoms with van der Waals surface area (Å²) in [7, 11) is 1.66. The molecule has 0 bridgehead atoms. The van der Waals surface area contributed by atoms with E-state index in [9.17, 15) is 4.79 Å². The van der Waals surface area contributed by atoms with E-state index in [4.69, 9.17) is 11.5 Å². The lowest BCUT2D eigenvalue weighted by molar-refractivity contribution is -0.130. The van der Waals surface area contributed by atoms with E-state index in [1.807, 2.05) is 0 Å². The first-order valence-corrected chi connectivity index (χ1v) is 3.93. The van der Waals surface area contributed by atoms with E-state index in [0.717, 1.165) is 0 Å². The van der Waals surface area contributed by atoms with Crippen LogP contribution in [-0.4, -0.2) is 35.6 Å². The fourth-order valence-electron chi connectivity index (χ4n) is 0.868. The third-order valence-corrected chi connectivity index (χ3v) is 1.45. The molecule has 1 N–H and O–H groups in total. The largest absolute Gasteiger partial charge is 0.392 e. The highest BCUT2D eigenvalue weighted by Gasteiger charge is 2.09. The minimum atomic E-state index is -0.482. The number of amides is 1. The van der Waals surface area contributed by atoms with Gasteiger partial charge in [0.15, 0.2) is 0 Å². The van der Waals surface area contributed by atoms with E-state index in [2.05, 4.69) is 5.92 Å². The average molecular weight is 169 g/mol. The quantitative estimate of drug-likeness (QED) is 0.612. The van der Waals surface area contributed by atoms with Gasteiger partial charge < -0.3 is 10.0 Å². The number of carbonyl (C=O) groups is 1. The Labute approximate surface area is 73.4 Å². The van der Waals surface area contributed by atoms with Gasteiger partial charge in [-0.2, -0.15) is 0 Å². The zero-order valence-corrected chi connectivity index (χ0v) is 7.58. The molecular formula is C9H15NO2. The maximum Gasteiger partial charge on any atom is 0.223 e. The summed E-state index contributed by atoms with van der Waals surface area (Å²) in [5.74, 6) is 2.38. The molecule has 0 fully saturated rings. The molecule has 0 spiro atoms. The highest BCUT2D eigenvalue weighted by molar-refractivity contribution is 5.76. The molecule has 3 nitrogen and oxygen atoms in total. The third kappa shape index (κ3) is 4.75. The van der Waals surface area contributed by atoms with Crippen molar-refractivity contribution in [2.24, 2.45) is 0 Å². The van der Waals surface area contributed by atoms with Gasteiger partial charge in [0.25, 0.3) is 0 Å². The van der Waals surface area contributed by atoms with Crippen molar-refractivity contribution in [3.8, 4) is 12.3 Å². The summed E-state index contributed by atoms with van der Waals surface area (Å²) in [5, 5.41) is 8.96. The van der Waals surface area contributed by atoms with E-state index in [-0.39, 0.29) is 5.91 Å². The molecule has 1 unspecified atom stereocenters. The van der Waals surface area contributed by atoms with Gasteiger partial charge in [0.2, 0.25) is 5.91 Å². The van der Waals surface area contributed by atoms with Crippen molar-refractivity contribution in [3.63, 3.8) is 0 Å². The van der Waals surface area contributed by atoms with Crippen LogP contribution < -0.4 is 0 Å². The maximum atomic E-state index is 11.2. The van der Waals surface area contributed by atoms with Gasteiger partial charge >= 0.3 is 0 Å². The standard InChI is InChI=1S/C9H15NO2/c1-4-5-6-9(12)10(3)7-8(2)11/h1,8,11H,5-7H2,2-3H3. The Kier molecular flexibility index (Phi) is 5.14. The molecule has 3 heteroatoms. The molecule has 0 aromatic heterocycles. The Morgan fingerprint density at radius 1 is 1.75 bits per heavy atom. The third-order valence-electron chi connectivity index (χ3n) is 1.45. The Morgan fingerprint density at radius 3 is 2.75 bits per heavy atom. The SMILES string of the molecule is C#CCCC(=O)N(C)CC(C)O. The second kappa shape index (κ2) is 5.62. The summed E-state index contributed by atoms with van der Waals surface area (Å²) in [5.41, 5.74) is 0. The Balaban J connectivity index is 3.70. The monoisotopic (exact) mass is 169 g/mol. The number of terminal acetylenes is 1. The number of likely N-dealkylation sites (N-methyl/N-ethyl adjacent to an activating group) is 1. The first-order chi connectivity index (χ1) is 5.57. The Morgan fingerprint density at radius 2 is 2.33 bits per heavy atom. The molecule has 1 amide bonds. The predicted octanol–water partition coefficient (Wildman–Crippen LogP) is 0.239. The van der Waals surface area contributed by atoms with Crippen LogP contribution in [0.25, 0.3) is 0 Å². The summed E-state index contributed by atoms with van der Waals surface area (Å²) in [6.07, 6.45) is 5.35. The van der Waals surface area contributed by atoms with E-state index in [0.29, 0.717) is 19.4 Å². The van der Waals surface area contributed by atoms with Crippen molar-refractivity contribution in [2.75, 3.05) is 13.6 Å². The van der Waals surface area contributed by atoms with Crippen LogP contribution in [-0.2, 0) is 4.79 Å². The number of hydrogen-bond donors (Lipinski definition) is 1. The minimum absolute atomic E-state index is 0.0196. The number of rotatable bonds is 4. The fraction of sp³-hybridized carbons (Fsp3) is 0.667. The molecule has 0 radical (unpaired) electrons. The van der Waals surface area contributed by atoms with Gasteiger partial charge in [-0.3, -0.25) is 4.79 Å². The minimum Gasteiger partial charge on any atom is -0.392 e. The highest BCUT2D eigenvalue weighted by Crippen LogP contribution is 1.95. The van der Waals surface area contributed by atoms with Crippen molar-refractivity contribution in [1.29, 1.82) is 0 Å². The van der Waals surface area contributed by atoms with Crippen LogP contribution in [0.2, 0.25) is 0 Å². The Bertz CT molecular complexity index is 181. The molecule has 0 aromatic carbocycles. The normalized spacial score (nSPS) is 11.8. The van der Waals surface area contributed by atoms with Gasteiger partial charge in [0.1, 0.15) is 0 Å². The van der Waals surface area contributed by atoms with Crippen molar-refractivity contribution >= 4 is 5.91 Å². The molecular weight excluding hydrogens is 154 g/mol. The topological polar surface area (TPSA) is 40.5 Å². The number of aliphatic hydroxyl groups excluding tert-OH is 1. The first kappa shape index (κ1) is 11.0. The summed E-state index contributed by atoms with van der Waals surface area (Å²) in [6.45, 7) is 2.01. The highest BCUT2D eigenvalue weighted by atomic mass is 16.3. The van der Waals surface area contributed by atoms with Gasteiger partial charge in [0.05, 0.1) is 6.10 Å². The van der Waals surface area contributed by atoms with Crippen LogP contribution in [0.3, 0.4) is 0 Å². The summed E-state index contributed by atoms with van der Waals surface area (Å²) < 4.78 is 0. The Hall–Kier alpha value is -1.01. The van der Waals surface area contributed by atoms with Crippen LogP contribution in [0.5, 0.6) is 0 Å². The lowest BCUT2D eigenvalue weighted by atomic mass is 10.3. The lowest BCUT2D eigenvalue weighted by Crippen LogP contribution is -2.32. The average Bonchev–Trinajstić information content (AvgIpc) is 1.98. The van der Waals surface area contributed by atoms with Crippen LogP contribution >= 0.6 is 0 Å². The van der Waals surface area contributed by atoms with Crippen LogP contribution in [0.15, 0.2) is 0 Å². The fourth-order valence-corrected chi connectivity index (χ4v) is 0.868. The molecule has 0 aliphatic rings. The summed E-state index contributed by atoms with van der Waals surface area (Å²) in [6, 6.07) is 0. The molecule has 0 rings (SSSR count). The predicted molar refractivity (Wildman–Crippen MR) is 47.4 cm³/mol. The van der Waals surface area contributed by atoms with E-state index >= 15 is 0 Å². The van der Waals surface area contributed by atoms with Crippen LogP contribution in [0.1, 0.15) is 19.8 Å². The van der Waals surface area contributed by atoms with Gasteiger partial charge in [-0.1, -0.05) is 0 Å². The molecule has 68 valence electrons. The van der Waals surface area contributed by atoms with Gasteiger partial charge in [-0.05, 0) is 6.92 Å². The van der Waals surface area contributed by atoms with Crippen molar-refractivity contribution < 1.29 is 9.90 Å². The molecule has 0 aliphatic carbocycles. The number of aliphatic hydroxyl groups is 1. The zero-order chi connectivity index (χ0) is 9.56. The summed E-state index contributed by atoms with van der Waals surface area (Å²) >= 11 is 0.